The fourth-order valence-corrected chi connectivity index (χ4v) is 2.09. The molecule has 1 aromatic rings. The Hall–Kier alpha value is -1.55. The number of rotatable bonds is 2. The number of aryl methyl sites for hydroxylation is 1. The van der Waals surface area contributed by atoms with Gasteiger partial charge in [0.1, 0.15) is 18.4 Å². The van der Waals surface area contributed by atoms with Gasteiger partial charge in [0.05, 0.1) is 0 Å². The zero-order valence-electron chi connectivity index (χ0n) is 10.9. The molecule has 2 rings (SSSR count). The highest BCUT2D eigenvalue weighted by atomic mass is 16.5. The maximum atomic E-state index is 11.8. The Morgan fingerprint density at radius 1 is 1.44 bits per heavy atom. The van der Waals surface area contributed by atoms with Crippen molar-refractivity contribution in [2.75, 3.05) is 6.61 Å². The number of phenolic OH excluding ortho intramolecular Hbond substituents is 1. The van der Waals surface area contributed by atoms with Gasteiger partial charge in [0.2, 0.25) is 0 Å². The number of carbonyl (C=O) groups is 1. The Morgan fingerprint density at radius 3 is 2.83 bits per heavy atom. The molecule has 0 saturated carbocycles. The van der Waals surface area contributed by atoms with Crippen LogP contribution >= 0.6 is 0 Å². The van der Waals surface area contributed by atoms with Crippen LogP contribution in [0.15, 0.2) is 18.2 Å². The SMILES string of the molecule is Cc1ccc(O)c([C@@H]2N[C@@H](C(C)C)COC2=O)c1. The Labute approximate surface area is 107 Å². The molecule has 4 heteroatoms. The largest absolute Gasteiger partial charge is 0.508 e. The van der Waals surface area contributed by atoms with Crippen molar-refractivity contribution >= 4 is 5.97 Å². The second-order valence-electron chi connectivity index (χ2n) is 5.14. The molecule has 0 unspecified atom stereocenters. The number of carbonyl (C=O) groups excluding carboxylic acids is 1. The summed E-state index contributed by atoms with van der Waals surface area (Å²) in [6.45, 7) is 6.46. The number of phenols is 1. The molecular weight excluding hydrogens is 230 g/mol. The van der Waals surface area contributed by atoms with Crippen LogP contribution in [-0.2, 0) is 9.53 Å². The monoisotopic (exact) mass is 249 g/mol. The Kier molecular flexibility index (Phi) is 3.57. The molecular formula is C14H19NO3. The molecule has 2 atom stereocenters. The van der Waals surface area contributed by atoms with Crippen LogP contribution in [0.5, 0.6) is 5.75 Å². The molecule has 0 aliphatic carbocycles. The molecule has 1 aliphatic rings. The summed E-state index contributed by atoms with van der Waals surface area (Å²) in [5.41, 5.74) is 1.59. The minimum absolute atomic E-state index is 0.118. The van der Waals surface area contributed by atoms with Crippen LogP contribution in [0.3, 0.4) is 0 Å². The predicted molar refractivity (Wildman–Crippen MR) is 68.3 cm³/mol. The second kappa shape index (κ2) is 4.98. The molecule has 0 amide bonds. The average molecular weight is 249 g/mol. The molecule has 1 aromatic carbocycles. The summed E-state index contributed by atoms with van der Waals surface area (Å²) in [6, 6.07) is 4.78. The molecule has 0 spiro atoms. The van der Waals surface area contributed by atoms with E-state index in [2.05, 4.69) is 19.2 Å². The number of ether oxygens (including phenoxy) is 1. The normalized spacial score (nSPS) is 24.1. The summed E-state index contributed by atoms with van der Waals surface area (Å²) >= 11 is 0. The summed E-state index contributed by atoms with van der Waals surface area (Å²) in [6.07, 6.45) is 0. The molecule has 1 fully saturated rings. The lowest BCUT2D eigenvalue weighted by atomic mass is 9.97. The van der Waals surface area contributed by atoms with Crippen LogP contribution in [-0.4, -0.2) is 23.7 Å². The smallest absolute Gasteiger partial charge is 0.327 e. The molecule has 0 aromatic heterocycles. The maximum Gasteiger partial charge on any atom is 0.327 e. The van der Waals surface area contributed by atoms with E-state index in [-0.39, 0.29) is 17.8 Å². The van der Waals surface area contributed by atoms with Crippen molar-refractivity contribution in [3.05, 3.63) is 29.3 Å². The number of hydrogen-bond acceptors (Lipinski definition) is 4. The van der Waals surface area contributed by atoms with Gasteiger partial charge in [0.25, 0.3) is 0 Å². The number of benzene rings is 1. The minimum atomic E-state index is -0.578. The first-order valence-corrected chi connectivity index (χ1v) is 6.21. The molecule has 1 heterocycles. The number of esters is 1. The quantitative estimate of drug-likeness (QED) is 0.786. The van der Waals surface area contributed by atoms with E-state index in [1.54, 1.807) is 6.07 Å². The third-order valence-electron chi connectivity index (χ3n) is 3.32. The van der Waals surface area contributed by atoms with E-state index in [0.29, 0.717) is 18.1 Å². The minimum Gasteiger partial charge on any atom is -0.508 e. The van der Waals surface area contributed by atoms with Gasteiger partial charge in [-0.15, -0.1) is 0 Å². The maximum absolute atomic E-state index is 11.8. The number of aromatic hydroxyl groups is 1. The van der Waals surface area contributed by atoms with E-state index in [1.165, 1.54) is 0 Å². The van der Waals surface area contributed by atoms with Crippen molar-refractivity contribution in [1.82, 2.24) is 5.32 Å². The summed E-state index contributed by atoms with van der Waals surface area (Å²) in [5.74, 6) is 0.166. The Balaban J connectivity index is 2.29. The summed E-state index contributed by atoms with van der Waals surface area (Å²) in [5, 5.41) is 13.1. The molecule has 0 radical (unpaired) electrons. The van der Waals surface area contributed by atoms with Crippen molar-refractivity contribution < 1.29 is 14.6 Å². The highest BCUT2D eigenvalue weighted by Crippen LogP contribution is 2.29. The molecule has 18 heavy (non-hydrogen) atoms. The molecule has 2 N–H and O–H groups in total. The van der Waals surface area contributed by atoms with E-state index in [9.17, 15) is 9.90 Å². The van der Waals surface area contributed by atoms with Gasteiger partial charge in [-0.25, -0.2) is 4.79 Å². The lowest BCUT2D eigenvalue weighted by molar-refractivity contribution is -0.152. The van der Waals surface area contributed by atoms with Gasteiger partial charge in [-0.1, -0.05) is 31.5 Å². The second-order valence-corrected chi connectivity index (χ2v) is 5.14. The average Bonchev–Trinajstić information content (AvgIpc) is 2.33. The predicted octanol–water partition coefficient (Wildman–Crippen LogP) is 1.91. The molecule has 1 aliphatic heterocycles. The van der Waals surface area contributed by atoms with Crippen molar-refractivity contribution in [3.8, 4) is 5.75 Å². The topological polar surface area (TPSA) is 58.6 Å². The third-order valence-corrected chi connectivity index (χ3v) is 3.32. The third kappa shape index (κ3) is 2.48. The fraction of sp³-hybridized carbons (Fsp3) is 0.500. The summed E-state index contributed by atoms with van der Waals surface area (Å²) in [4.78, 5) is 11.8. The van der Waals surface area contributed by atoms with Crippen LogP contribution in [0.1, 0.15) is 31.0 Å². The lowest BCUT2D eigenvalue weighted by Crippen LogP contribution is -2.49. The molecule has 0 bridgehead atoms. The number of hydrogen-bond donors (Lipinski definition) is 2. The standard InChI is InChI=1S/C14H19NO3/c1-8(2)11-7-18-14(17)13(15-11)10-6-9(3)4-5-12(10)16/h4-6,8,11,13,15-16H,7H2,1-3H3/t11-,13+/m1/s1. The van der Waals surface area contributed by atoms with Gasteiger partial charge in [-0.3, -0.25) is 5.32 Å². The van der Waals surface area contributed by atoms with Crippen molar-refractivity contribution in [2.24, 2.45) is 5.92 Å². The van der Waals surface area contributed by atoms with Crippen molar-refractivity contribution in [2.45, 2.75) is 32.9 Å². The summed E-state index contributed by atoms with van der Waals surface area (Å²) in [7, 11) is 0. The van der Waals surface area contributed by atoms with Gasteiger partial charge in [-0.05, 0) is 18.9 Å². The zero-order valence-corrected chi connectivity index (χ0v) is 10.9. The Bertz CT molecular complexity index is 456. The van der Waals surface area contributed by atoms with Gasteiger partial charge in [-0.2, -0.15) is 0 Å². The van der Waals surface area contributed by atoms with Crippen LogP contribution in [0.4, 0.5) is 0 Å². The van der Waals surface area contributed by atoms with Crippen LogP contribution in [0, 0.1) is 12.8 Å². The van der Waals surface area contributed by atoms with Crippen molar-refractivity contribution in [3.63, 3.8) is 0 Å². The highest BCUT2D eigenvalue weighted by Gasteiger charge is 2.33. The molecule has 1 saturated heterocycles. The number of morpholine rings is 1. The number of nitrogens with one attached hydrogen (secondary N) is 1. The van der Waals surface area contributed by atoms with Crippen LogP contribution < -0.4 is 5.32 Å². The van der Waals surface area contributed by atoms with E-state index in [0.717, 1.165) is 5.56 Å². The van der Waals surface area contributed by atoms with E-state index in [1.807, 2.05) is 19.1 Å². The zero-order chi connectivity index (χ0) is 13.3. The van der Waals surface area contributed by atoms with Crippen molar-refractivity contribution in [1.29, 1.82) is 0 Å². The first-order valence-electron chi connectivity index (χ1n) is 6.21. The van der Waals surface area contributed by atoms with Gasteiger partial charge in [0, 0.05) is 11.6 Å². The highest BCUT2D eigenvalue weighted by molar-refractivity contribution is 5.79. The number of cyclic esters (lactones) is 1. The van der Waals surface area contributed by atoms with Crippen LogP contribution in [0.25, 0.3) is 0 Å². The van der Waals surface area contributed by atoms with E-state index in [4.69, 9.17) is 4.74 Å². The van der Waals surface area contributed by atoms with E-state index >= 15 is 0 Å². The van der Waals surface area contributed by atoms with Gasteiger partial charge in [0.15, 0.2) is 0 Å². The molecule has 4 nitrogen and oxygen atoms in total. The first-order chi connectivity index (χ1) is 8.49. The van der Waals surface area contributed by atoms with Gasteiger partial charge >= 0.3 is 5.97 Å². The van der Waals surface area contributed by atoms with Gasteiger partial charge < -0.3 is 9.84 Å². The lowest BCUT2D eigenvalue weighted by Gasteiger charge is -2.32. The first kappa shape index (κ1) is 12.9. The van der Waals surface area contributed by atoms with Crippen LogP contribution in [0.2, 0.25) is 0 Å². The molecule has 98 valence electrons. The fourth-order valence-electron chi connectivity index (χ4n) is 2.09. The summed E-state index contributed by atoms with van der Waals surface area (Å²) < 4.78 is 5.20. The Morgan fingerprint density at radius 2 is 2.17 bits per heavy atom. The van der Waals surface area contributed by atoms with E-state index < -0.39 is 6.04 Å².